The van der Waals surface area contributed by atoms with E-state index in [0.29, 0.717) is 17.0 Å². The Bertz CT molecular complexity index is 738. The van der Waals surface area contributed by atoms with Gasteiger partial charge in [0.05, 0.1) is 17.1 Å². The number of hydrogen-bond acceptors (Lipinski definition) is 4. The van der Waals surface area contributed by atoms with Gasteiger partial charge < -0.3 is 10.1 Å². The zero-order valence-corrected chi connectivity index (χ0v) is 15.2. The number of amides is 1. The van der Waals surface area contributed by atoms with Crippen LogP contribution in [0.5, 0.6) is 0 Å². The van der Waals surface area contributed by atoms with Crippen molar-refractivity contribution in [1.82, 2.24) is 15.1 Å². The summed E-state index contributed by atoms with van der Waals surface area (Å²) in [5.74, 6) is -0.824. The minimum atomic E-state index is -0.532. The van der Waals surface area contributed by atoms with Gasteiger partial charge >= 0.3 is 5.97 Å². The summed E-state index contributed by atoms with van der Waals surface area (Å²) in [5.41, 5.74) is 2.53. The van der Waals surface area contributed by atoms with Crippen LogP contribution in [0.2, 0.25) is 0 Å². The normalized spacial score (nSPS) is 11.8. The highest BCUT2D eigenvalue weighted by molar-refractivity contribution is 5.93. The van der Waals surface area contributed by atoms with Crippen molar-refractivity contribution in [3.05, 3.63) is 47.3 Å². The van der Waals surface area contributed by atoms with Crippen LogP contribution in [-0.4, -0.2) is 34.3 Å². The van der Waals surface area contributed by atoms with Gasteiger partial charge in [-0.05, 0) is 39.3 Å². The van der Waals surface area contributed by atoms with Crippen LogP contribution in [0.15, 0.2) is 30.3 Å². The lowest BCUT2D eigenvalue weighted by atomic mass is 10.2. The molecule has 1 aromatic heterocycles. The van der Waals surface area contributed by atoms with Gasteiger partial charge in [-0.2, -0.15) is 5.10 Å². The molecule has 2 rings (SSSR count). The van der Waals surface area contributed by atoms with E-state index >= 15 is 0 Å². The second-order valence-electron chi connectivity index (χ2n) is 6.13. The van der Waals surface area contributed by atoms with Crippen LogP contribution in [0.4, 0.5) is 0 Å². The van der Waals surface area contributed by atoms with E-state index in [4.69, 9.17) is 4.74 Å². The van der Waals surface area contributed by atoms with Crippen molar-refractivity contribution in [3.63, 3.8) is 0 Å². The fraction of sp³-hybridized carbons (Fsp3) is 0.421. The van der Waals surface area contributed by atoms with Crippen molar-refractivity contribution in [2.45, 2.75) is 46.6 Å². The maximum absolute atomic E-state index is 12.4. The molecule has 1 amide bonds. The molecule has 0 saturated heterocycles. The van der Waals surface area contributed by atoms with E-state index in [0.717, 1.165) is 18.5 Å². The summed E-state index contributed by atoms with van der Waals surface area (Å²) in [4.78, 5) is 24.2. The Morgan fingerprint density at radius 2 is 1.92 bits per heavy atom. The highest BCUT2D eigenvalue weighted by Crippen LogP contribution is 2.18. The van der Waals surface area contributed by atoms with E-state index in [2.05, 4.69) is 17.3 Å². The van der Waals surface area contributed by atoms with E-state index in [-0.39, 0.29) is 18.6 Å². The summed E-state index contributed by atoms with van der Waals surface area (Å²) in [5, 5.41) is 7.23. The summed E-state index contributed by atoms with van der Waals surface area (Å²) in [6.07, 6.45) is 1.88. The molecule has 0 fully saturated rings. The summed E-state index contributed by atoms with van der Waals surface area (Å²) < 4.78 is 6.88. The molecule has 134 valence electrons. The highest BCUT2D eigenvalue weighted by atomic mass is 16.5. The summed E-state index contributed by atoms with van der Waals surface area (Å²) in [7, 11) is 0. The number of aromatic nitrogens is 2. The molecule has 0 saturated carbocycles. The van der Waals surface area contributed by atoms with Crippen LogP contribution in [0, 0.1) is 13.8 Å². The fourth-order valence-corrected chi connectivity index (χ4v) is 2.78. The van der Waals surface area contributed by atoms with Crippen LogP contribution in [0.3, 0.4) is 0 Å². The van der Waals surface area contributed by atoms with Crippen molar-refractivity contribution < 1.29 is 14.3 Å². The number of hydrogen-bond donors (Lipinski definition) is 1. The number of nitrogens with one attached hydrogen (secondary N) is 1. The number of carbonyl (C=O) groups is 2. The molecule has 0 aliphatic rings. The molecule has 2 aromatic rings. The van der Waals surface area contributed by atoms with Crippen molar-refractivity contribution in [2.24, 2.45) is 0 Å². The summed E-state index contributed by atoms with van der Waals surface area (Å²) in [6, 6.07) is 9.63. The quantitative estimate of drug-likeness (QED) is 0.785. The molecule has 1 unspecified atom stereocenters. The van der Waals surface area contributed by atoms with Gasteiger partial charge in [0.15, 0.2) is 6.61 Å². The monoisotopic (exact) mass is 343 g/mol. The molecule has 0 aliphatic heterocycles. The molecule has 1 aromatic carbocycles. The first-order chi connectivity index (χ1) is 11.9. The Morgan fingerprint density at radius 1 is 1.24 bits per heavy atom. The van der Waals surface area contributed by atoms with Crippen LogP contribution >= 0.6 is 0 Å². The number of ether oxygens (including phenoxy) is 1. The maximum Gasteiger partial charge on any atom is 0.342 e. The van der Waals surface area contributed by atoms with Crippen LogP contribution in [0.25, 0.3) is 5.69 Å². The van der Waals surface area contributed by atoms with Gasteiger partial charge in [-0.1, -0.05) is 31.5 Å². The lowest BCUT2D eigenvalue weighted by molar-refractivity contribution is -0.124. The average Bonchev–Trinajstić information content (AvgIpc) is 2.88. The lowest BCUT2D eigenvalue weighted by Gasteiger charge is -2.12. The predicted molar refractivity (Wildman–Crippen MR) is 95.8 cm³/mol. The molecule has 1 atom stereocenters. The zero-order chi connectivity index (χ0) is 18.4. The summed E-state index contributed by atoms with van der Waals surface area (Å²) >= 11 is 0. The van der Waals surface area contributed by atoms with Crippen LogP contribution in [0.1, 0.15) is 48.4 Å². The molecule has 0 spiro atoms. The largest absolute Gasteiger partial charge is 0.452 e. The minimum absolute atomic E-state index is 0.0699. The Kier molecular flexibility index (Phi) is 6.33. The van der Waals surface area contributed by atoms with Crippen molar-refractivity contribution in [1.29, 1.82) is 0 Å². The number of para-hydroxylation sites is 1. The van der Waals surface area contributed by atoms with E-state index < -0.39 is 5.97 Å². The predicted octanol–water partition coefficient (Wildman–Crippen LogP) is 2.95. The molecule has 0 bridgehead atoms. The molecule has 25 heavy (non-hydrogen) atoms. The van der Waals surface area contributed by atoms with E-state index in [1.807, 2.05) is 44.2 Å². The van der Waals surface area contributed by atoms with Gasteiger partial charge in [0, 0.05) is 6.04 Å². The SMILES string of the molecule is CCCC(C)NC(=O)COC(=O)c1c(C)nn(-c2ccccc2)c1C. The number of esters is 1. The Balaban J connectivity index is 2.05. The molecular formula is C19H25N3O3. The third kappa shape index (κ3) is 4.68. The van der Waals surface area contributed by atoms with Crippen molar-refractivity contribution >= 4 is 11.9 Å². The van der Waals surface area contributed by atoms with E-state index in [9.17, 15) is 9.59 Å². The van der Waals surface area contributed by atoms with Gasteiger partial charge in [-0.15, -0.1) is 0 Å². The summed E-state index contributed by atoms with van der Waals surface area (Å²) in [6.45, 7) is 7.27. The highest BCUT2D eigenvalue weighted by Gasteiger charge is 2.21. The number of carbonyl (C=O) groups excluding carboxylic acids is 2. The van der Waals surface area contributed by atoms with Gasteiger partial charge in [0.1, 0.15) is 5.56 Å². The lowest BCUT2D eigenvalue weighted by Crippen LogP contribution is -2.35. The molecule has 0 aliphatic carbocycles. The van der Waals surface area contributed by atoms with Crippen molar-refractivity contribution in [3.8, 4) is 5.69 Å². The third-order valence-electron chi connectivity index (χ3n) is 3.96. The first kappa shape index (κ1) is 18.7. The maximum atomic E-state index is 12.4. The minimum Gasteiger partial charge on any atom is -0.452 e. The fourth-order valence-electron chi connectivity index (χ4n) is 2.78. The second kappa shape index (κ2) is 8.46. The molecule has 6 heteroatoms. The van der Waals surface area contributed by atoms with Gasteiger partial charge in [0.2, 0.25) is 0 Å². The van der Waals surface area contributed by atoms with Gasteiger partial charge in [0.25, 0.3) is 5.91 Å². The average molecular weight is 343 g/mol. The first-order valence-corrected chi connectivity index (χ1v) is 8.52. The Morgan fingerprint density at radius 3 is 2.56 bits per heavy atom. The van der Waals surface area contributed by atoms with Crippen LogP contribution in [-0.2, 0) is 9.53 Å². The molecular weight excluding hydrogens is 318 g/mol. The third-order valence-corrected chi connectivity index (χ3v) is 3.96. The zero-order valence-electron chi connectivity index (χ0n) is 15.2. The Labute approximate surface area is 148 Å². The molecule has 6 nitrogen and oxygen atoms in total. The number of rotatable bonds is 7. The standard InChI is InChI=1S/C19H25N3O3/c1-5-9-13(2)20-17(23)12-25-19(24)18-14(3)21-22(15(18)4)16-10-7-6-8-11-16/h6-8,10-11,13H,5,9,12H2,1-4H3,(H,20,23). The van der Waals surface area contributed by atoms with Crippen LogP contribution < -0.4 is 5.32 Å². The Hall–Kier alpha value is -2.63. The molecule has 1 heterocycles. The first-order valence-electron chi connectivity index (χ1n) is 8.52. The molecule has 0 radical (unpaired) electrons. The second-order valence-corrected chi connectivity index (χ2v) is 6.13. The smallest absolute Gasteiger partial charge is 0.342 e. The van der Waals surface area contributed by atoms with Crippen molar-refractivity contribution in [2.75, 3.05) is 6.61 Å². The van der Waals surface area contributed by atoms with Gasteiger partial charge in [-0.25, -0.2) is 9.48 Å². The number of aryl methyl sites for hydroxylation is 1. The van der Waals surface area contributed by atoms with E-state index in [1.165, 1.54) is 0 Å². The molecule has 1 N–H and O–H groups in total. The number of nitrogens with zero attached hydrogens (tertiary/aromatic N) is 2. The van der Waals surface area contributed by atoms with E-state index in [1.54, 1.807) is 11.6 Å². The number of benzene rings is 1. The van der Waals surface area contributed by atoms with Gasteiger partial charge in [-0.3, -0.25) is 4.79 Å². The topological polar surface area (TPSA) is 73.2 Å².